The van der Waals surface area contributed by atoms with Gasteiger partial charge in [0.25, 0.3) is 0 Å². The Bertz CT molecular complexity index is 355. The molecule has 0 spiro atoms. The van der Waals surface area contributed by atoms with Gasteiger partial charge in [-0.1, -0.05) is 12.6 Å². The van der Waals surface area contributed by atoms with Gasteiger partial charge in [-0.25, -0.2) is 0 Å². The van der Waals surface area contributed by atoms with Crippen LogP contribution in [0.4, 0.5) is 0 Å². The van der Waals surface area contributed by atoms with E-state index in [-0.39, 0.29) is 0 Å². The Morgan fingerprint density at radius 1 is 1.50 bits per heavy atom. The Kier molecular flexibility index (Phi) is 1.01. The first kappa shape index (κ1) is 5.48. The fourth-order valence-electron chi connectivity index (χ4n) is 0.647. The van der Waals surface area contributed by atoms with E-state index in [0.29, 0.717) is 10.5 Å². The van der Waals surface area contributed by atoms with Gasteiger partial charge >= 0.3 is 0 Å². The second kappa shape index (κ2) is 1.84. The summed E-state index contributed by atoms with van der Waals surface area (Å²) in [5.41, 5.74) is 0.525. The summed E-state index contributed by atoms with van der Waals surface area (Å²) in [5, 5.41) is 14.4. The number of hydrogen-bond acceptors (Lipinski definition) is 4. The lowest BCUT2D eigenvalue weighted by Crippen LogP contribution is -1.92. The molecule has 0 unspecified atom stereocenters. The molecule has 0 aliphatic heterocycles. The zero-order valence-corrected chi connectivity index (χ0v) is 5.62. The average molecular weight is 152 g/mol. The van der Waals surface area contributed by atoms with Gasteiger partial charge in [-0.15, -0.1) is 9.73 Å². The normalized spacial score (nSPS) is 10.4. The molecular formula is C4H2N5S. The minimum Gasteiger partial charge on any atom is -0.155 e. The number of fused-ring (bicyclic) bond motifs is 1. The molecule has 0 saturated heterocycles. The third kappa shape index (κ3) is 0.623. The SMILES string of the molecule is [S]c1ccnn2nnnc12. The molecule has 0 fully saturated rings. The first-order valence-corrected chi connectivity index (χ1v) is 2.99. The summed E-state index contributed by atoms with van der Waals surface area (Å²) in [6.45, 7) is 0. The number of rotatable bonds is 0. The van der Waals surface area contributed by atoms with E-state index in [1.54, 1.807) is 12.3 Å². The van der Waals surface area contributed by atoms with Gasteiger partial charge in [0, 0.05) is 0 Å². The highest BCUT2D eigenvalue weighted by Gasteiger charge is 1.99. The van der Waals surface area contributed by atoms with Gasteiger partial charge < -0.3 is 0 Å². The molecule has 2 rings (SSSR count). The molecule has 2 heterocycles. The van der Waals surface area contributed by atoms with Crippen LogP contribution in [0.5, 0.6) is 0 Å². The fourth-order valence-corrected chi connectivity index (χ4v) is 0.830. The van der Waals surface area contributed by atoms with E-state index >= 15 is 0 Å². The van der Waals surface area contributed by atoms with Crippen LogP contribution in [-0.2, 0) is 0 Å². The summed E-state index contributed by atoms with van der Waals surface area (Å²) >= 11 is 4.90. The van der Waals surface area contributed by atoms with E-state index in [9.17, 15) is 0 Å². The van der Waals surface area contributed by atoms with Gasteiger partial charge in [0.2, 0.25) is 5.65 Å². The van der Waals surface area contributed by atoms with E-state index < -0.39 is 0 Å². The second-order valence-electron chi connectivity index (χ2n) is 1.69. The summed E-state index contributed by atoms with van der Waals surface area (Å²) in [6, 6.07) is 1.68. The standard InChI is InChI=1S/C4H2N5S/c10-3-1-2-5-9-4(3)6-7-8-9/h1-2H. The molecule has 0 amide bonds. The first-order chi connectivity index (χ1) is 4.88. The van der Waals surface area contributed by atoms with Crippen LogP contribution in [0.25, 0.3) is 5.65 Å². The summed E-state index contributed by atoms with van der Waals surface area (Å²) in [4.78, 5) is 0.611. The van der Waals surface area contributed by atoms with Crippen LogP contribution in [0.2, 0.25) is 0 Å². The van der Waals surface area contributed by atoms with Crippen molar-refractivity contribution in [3.63, 3.8) is 0 Å². The highest BCUT2D eigenvalue weighted by molar-refractivity contribution is 7.80. The van der Waals surface area contributed by atoms with Gasteiger partial charge in [-0.2, -0.15) is 5.10 Å². The topological polar surface area (TPSA) is 56.0 Å². The van der Waals surface area contributed by atoms with E-state index in [2.05, 4.69) is 20.6 Å². The molecule has 2 aromatic rings. The number of tetrazole rings is 1. The average Bonchev–Trinajstić information content (AvgIpc) is 2.36. The third-order valence-corrected chi connectivity index (χ3v) is 1.39. The maximum Gasteiger partial charge on any atom is 0.217 e. The molecule has 10 heavy (non-hydrogen) atoms. The van der Waals surface area contributed by atoms with Gasteiger partial charge in [0.1, 0.15) is 0 Å². The Morgan fingerprint density at radius 2 is 2.40 bits per heavy atom. The van der Waals surface area contributed by atoms with Gasteiger partial charge in [0.15, 0.2) is 0 Å². The summed E-state index contributed by atoms with van der Waals surface area (Å²) in [6.07, 6.45) is 1.56. The molecule has 0 atom stereocenters. The van der Waals surface area contributed by atoms with Crippen LogP contribution in [0.1, 0.15) is 0 Å². The van der Waals surface area contributed by atoms with E-state index in [1.807, 2.05) is 0 Å². The van der Waals surface area contributed by atoms with E-state index in [0.717, 1.165) is 0 Å². The Balaban J connectivity index is 2.95. The van der Waals surface area contributed by atoms with Crippen LogP contribution < -0.4 is 0 Å². The van der Waals surface area contributed by atoms with Crippen molar-refractivity contribution in [3.05, 3.63) is 12.3 Å². The number of aromatic nitrogens is 5. The maximum atomic E-state index is 4.90. The Labute approximate surface area is 61.5 Å². The minimum atomic E-state index is 0.525. The lowest BCUT2D eigenvalue weighted by Gasteiger charge is -1.87. The van der Waals surface area contributed by atoms with E-state index in [4.69, 9.17) is 12.6 Å². The van der Waals surface area contributed by atoms with Gasteiger partial charge in [-0.3, -0.25) is 0 Å². The molecule has 5 nitrogen and oxygen atoms in total. The lowest BCUT2D eigenvalue weighted by atomic mass is 10.6. The van der Waals surface area contributed by atoms with Gasteiger partial charge in [-0.05, 0) is 16.5 Å². The van der Waals surface area contributed by atoms with Crippen molar-refractivity contribution in [1.29, 1.82) is 0 Å². The minimum absolute atomic E-state index is 0.525. The number of hydrogen-bond donors (Lipinski definition) is 0. The summed E-state index contributed by atoms with van der Waals surface area (Å²) in [7, 11) is 0. The van der Waals surface area contributed by atoms with Crippen molar-refractivity contribution in [2.45, 2.75) is 4.90 Å². The van der Waals surface area contributed by atoms with Crippen molar-refractivity contribution in [2.75, 3.05) is 0 Å². The molecule has 0 saturated carbocycles. The van der Waals surface area contributed by atoms with Gasteiger partial charge in [0.05, 0.1) is 11.1 Å². The molecule has 0 aliphatic rings. The Hall–Kier alpha value is -1.30. The quantitative estimate of drug-likeness (QED) is 0.536. The lowest BCUT2D eigenvalue weighted by molar-refractivity contribution is 0.729. The highest BCUT2D eigenvalue weighted by atomic mass is 32.1. The molecule has 6 heteroatoms. The summed E-state index contributed by atoms with van der Waals surface area (Å²) < 4.78 is 1.29. The van der Waals surface area contributed by atoms with Crippen molar-refractivity contribution < 1.29 is 0 Å². The smallest absolute Gasteiger partial charge is 0.155 e. The first-order valence-electron chi connectivity index (χ1n) is 2.58. The Morgan fingerprint density at radius 3 is 3.20 bits per heavy atom. The molecule has 1 radical (unpaired) electrons. The molecule has 49 valence electrons. The molecular weight excluding hydrogens is 150 g/mol. The molecule has 0 bridgehead atoms. The highest BCUT2D eigenvalue weighted by Crippen LogP contribution is 2.07. The van der Waals surface area contributed by atoms with Crippen molar-refractivity contribution in [3.8, 4) is 0 Å². The second-order valence-corrected chi connectivity index (χ2v) is 2.13. The molecule has 2 aromatic heterocycles. The monoisotopic (exact) mass is 152 g/mol. The molecule has 0 aromatic carbocycles. The van der Waals surface area contributed by atoms with Crippen molar-refractivity contribution in [2.24, 2.45) is 0 Å². The van der Waals surface area contributed by atoms with Crippen molar-refractivity contribution in [1.82, 2.24) is 25.3 Å². The number of nitrogens with zero attached hydrogens (tertiary/aromatic N) is 5. The van der Waals surface area contributed by atoms with Crippen LogP contribution in [0.15, 0.2) is 17.2 Å². The van der Waals surface area contributed by atoms with Crippen LogP contribution in [0, 0.1) is 0 Å². The molecule has 0 N–H and O–H groups in total. The summed E-state index contributed by atoms with van der Waals surface area (Å²) in [5.74, 6) is 0. The zero-order chi connectivity index (χ0) is 6.97. The third-order valence-electron chi connectivity index (χ3n) is 1.08. The largest absolute Gasteiger partial charge is 0.217 e. The predicted molar refractivity (Wildman–Crippen MR) is 34.4 cm³/mol. The van der Waals surface area contributed by atoms with E-state index in [1.165, 1.54) is 4.63 Å². The maximum absolute atomic E-state index is 4.90. The van der Waals surface area contributed by atoms with Crippen molar-refractivity contribution >= 4 is 18.3 Å². The van der Waals surface area contributed by atoms with Crippen LogP contribution >= 0.6 is 12.6 Å². The predicted octanol–water partition coefficient (Wildman–Crippen LogP) is 0.0757. The zero-order valence-electron chi connectivity index (χ0n) is 4.80. The molecule has 0 aliphatic carbocycles. The van der Waals surface area contributed by atoms with Crippen LogP contribution in [0.3, 0.4) is 0 Å². The fraction of sp³-hybridized carbons (Fsp3) is 0. The van der Waals surface area contributed by atoms with Crippen LogP contribution in [-0.4, -0.2) is 25.3 Å².